The van der Waals surface area contributed by atoms with Crippen molar-refractivity contribution in [2.75, 3.05) is 19.6 Å². The molecule has 2 saturated heterocycles. The molecular formula is C13H20ClFN2O2. The molecule has 4 nitrogen and oxygen atoms in total. The molecule has 0 aromatic heterocycles. The first-order chi connectivity index (χ1) is 8.87. The molecule has 0 N–H and O–H groups in total. The van der Waals surface area contributed by atoms with Gasteiger partial charge in [-0.3, -0.25) is 9.59 Å². The van der Waals surface area contributed by atoms with Crippen LogP contribution in [0.2, 0.25) is 0 Å². The summed E-state index contributed by atoms with van der Waals surface area (Å²) in [5, 5.41) is 0. The largest absolute Gasteiger partial charge is 0.340 e. The van der Waals surface area contributed by atoms with Gasteiger partial charge in [-0.1, -0.05) is 11.6 Å². The summed E-state index contributed by atoms with van der Waals surface area (Å²) < 4.78 is 12.9. The summed E-state index contributed by atoms with van der Waals surface area (Å²) in [7, 11) is 0. The second kappa shape index (κ2) is 5.27. The molecule has 0 bridgehead atoms. The lowest BCUT2D eigenvalue weighted by Gasteiger charge is -2.41. The van der Waals surface area contributed by atoms with E-state index in [0.717, 1.165) is 19.4 Å². The van der Waals surface area contributed by atoms with Crippen molar-refractivity contribution < 1.29 is 14.0 Å². The Bertz CT molecular complexity index is 389. The van der Waals surface area contributed by atoms with E-state index in [1.54, 1.807) is 0 Å². The summed E-state index contributed by atoms with van der Waals surface area (Å²) in [6, 6.07) is 0.163. The van der Waals surface area contributed by atoms with Crippen LogP contribution in [0.25, 0.3) is 0 Å². The number of carbonyl (C=O) groups excluding carboxylic acids is 2. The minimum absolute atomic E-state index is 0.106. The van der Waals surface area contributed by atoms with Crippen LogP contribution in [0, 0.1) is 5.41 Å². The number of hydrogen-bond donors (Lipinski definition) is 0. The summed E-state index contributed by atoms with van der Waals surface area (Å²) in [4.78, 5) is 27.4. The number of alkyl halides is 2. The lowest BCUT2D eigenvalue weighted by Crippen LogP contribution is -2.52. The number of nitrogens with zero attached hydrogens (tertiary/aromatic N) is 2. The van der Waals surface area contributed by atoms with Gasteiger partial charge in [0.2, 0.25) is 5.91 Å². The average Bonchev–Trinajstić information content (AvgIpc) is 2.76. The molecular weight excluding hydrogens is 271 g/mol. The van der Waals surface area contributed by atoms with E-state index < -0.39 is 17.0 Å². The minimum Gasteiger partial charge on any atom is -0.340 e. The first-order valence-corrected chi connectivity index (χ1v) is 7.19. The van der Waals surface area contributed by atoms with E-state index in [9.17, 15) is 14.0 Å². The molecule has 0 aromatic rings. The van der Waals surface area contributed by atoms with Crippen molar-refractivity contribution >= 4 is 23.4 Å². The van der Waals surface area contributed by atoms with Gasteiger partial charge in [-0.2, -0.15) is 0 Å². The predicted molar refractivity (Wildman–Crippen MR) is 70.5 cm³/mol. The highest BCUT2D eigenvalue weighted by atomic mass is 35.5. The maximum atomic E-state index is 12.9. The average molecular weight is 291 g/mol. The van der Waals surface area contributed by atoms with Crippen molar-refractivity contribution in [1.29, 1.82) is 0 Å². The lowest BCUT2D eigenvalue weighted by atomic mass is 9.78. The van der Waals surface area contributed by atoms with Gasteiger partial charge in [-0.25, -0.2) is 4.39 Å². The van der Waals surface area contributed by atoms with Crippen molar-refractivity contribution in [3.63, 3.8) is 0 Å². The van der Waals surface area contributed by atoms with Crippen molar-refractivity contribution in [2.45, 2.75) is 44.8 Å². The topological polar surface area (TPSA) is 40.6 Å². The van der Waals surface area contributed by atoms with Gasteiger partial charge in [0.25, 0.3) is 11.5 Å². The molecule has 2 aliphatic rings. The predicted octanol–water partition coefficient (Wildman–Crippen LogP) is 1.77. The number of piperidine rings is 1. The molecule has 6 heteroatoms. The van der Waals surface area contributed by atoms with Gasteiger partial charge < -0.3 is 9.80 Å². The summed E-state index contributed by atoms with van der Waals surface area (Å²) in [6.07, 6.45) is 2.33. The van der Waals surface area contributed by atoms with Gasteiger partial charge in [-0.05, 0) is 33.1 Å². The van der Waals surface area contributed by atoms with E-state index in [2.05, 4.69) is 0 Å². The van der Waals surface area contributed by atoms with Crippen LogP contribution in [0.5, 0.6) is 0 Å². The highest BCUT2D eigenvalue weighted by Crippen LogP contribution is 2.40. The summed E-state index contributed by atoms with van der Waals surface area (Å²) in [6.45, 7) is 5.48. The SMILES string of the molecule is CC(C)N1CCCC2(CCN(C(=O)[C@H](F)Cl)C2)C1=O. The Morgan fingerprint density at radius 2 is 2.05 bits per heavy atom. The smallest absolute Gasteiger partial charge is 0.272 e. The zero-order valence-electron chi connectivity index (χ0n) is 11.4. The number of hydrogen-bond acceptors (Lipinski definition) is 2. The Hall–Kier alpha value is -0.840. The first kappa shape index (κ1) is 14.6. The molecule has 1 unspecified atom stereocenters. The maximum Gasteiger partial charge on any atom is 0.272 e. The molecule has 2 aliphatic heterocycles. The van der Waals surface area contributed by atoms with Crippen LogP contribution >= 0.6 is 11.6 Å². The lowest BCUT2D eigenvalue weighted by molar-refractivity contribution is -0.148. The van der Waals surface area contributed by atoms with Gasteiger partial charge in [0.05, 0.1) is 5.41 Å². The third-order valence-corrected chi connectivity index (χ3v) is 4.43. The van der Waals surface area contributed by atoms with Crippen molar-refractivity contribution in [2.24, 2.45) is 5.41 Å². The van der Waals surface area contributed by atoms with E-state index in [1.807, 2.05) is 18.7 Å². The Morgan fingerprint density at radius 1 is 1.37 bits per heavy atom. The zero-order valence-corrected chi connectivity index (χ0v) is 12.1. The highest BCUT2D eigenvalue weighted by Gasteiger charge is 2.50. The minimum atomic E-state index is -2.00. The number of carbonyl (C=O) groups is 2. The van der Waals surface area contributed by atoms with Crippen LogP contribution in [0.4, 0.5) is 4.39 Å². The molecule has 2 fully saturated rings. The monoisotopic (exact) mass is 290 g/mol. The molecule has 108 valence electrons. The van der Waals surface area contributed by atoms with Crippen LogP contribution in [0.15, 0.2) is 0 Å². The molecule has 19 heavy (non-hydrogen) atoms. The van der Waals surface area contributed by atoms with Crippen molar-refractivity contribution in [3.8, 4) is 0 Å². The first-order valence-electron chi connectivity index (χ1n) is 6.75. The highest BCUT2D eigenvalue weighted by molar-refractivity contribution is 6.29. The Morgan fingerprint density at radius 3 is 2.63 bits per heavy atom. The molecule has 2 heterocycles. The number of rotatable bonds is 2. The van der Waals surface area contributed by atoms with E-state index in [0.29, 0.717) is 19.5 Å². The van der Waals surface area contributed by atoms with Crippen LogP contribution in [0.1, 0.15) is 33.1 Å². The third kappa shape index (κ3) is 2.57. The quantitative estimate of drug-likeness (QED) is 0.727. The molecule has 2 atom stereocenters. The normalized spacial score (nSPS) is 29.4. The van der Waals surface area contributed by atoms with E-state index in [4.69, 9.17) is 11.6 Å². The van der Waals surface area contributed by atoms with Crippen LogP contribution < -0.4 is 0 Å². The fourth-order valence-corrected chi connectivity index (χ4v) is 3.31. The summed E-state index contributed by atoms with van der Waals surface area (Å²) in [5.41, 5.74) is -2.51. The molecule has 2 amide bonds. The second-order valence-electron chi connectivity index (χ2n) is 5.79. The van der Waals surface area contributed by atoms with Gasteiger partial charge >= 0.3 is 0 Å². The number of amides is 2. The fraction of sp³-hybridized carbons (Fsp3) is 0.846. The van der Waals surface area contributed by atoms with Gasteiger partial charge in [0.1, 0.15) is 0 Å². The molecule has 0 radical (unpaired) electrons. The van der Waals surface area contributed by atoms with Crippen LogP contribution in [-0.2, 0) is 9.59 Å². The Balaban J connectivity index is 2.12. The summed E-state index contributed by atoms with van der Waals surface area (Å²) in [5.74, 6) is -0.609. The van der Waals surface area contributed by atoms with Crippen LogP contribution in [0.3, 0.4) is 0 Å². The van der Waals surface area contributed by atoms with Gasteiger partial charge in [0.15, 0.2) is 0 Å². The Kier molecular flexibility index (Phi) is 4.04. The molecule has 0 saturated carbocycles. The van der Waals surface area contributed by atoms with Gasteiger partial charge in [0, 0.05) is 25.7 Å². The summed E-state index contributed by atoms with van der Waals surface area (Å²) >= 11 is 5.20. The Labute approximate surface area is 117 Å². The second-order valence-corrected chi connectivity index (χ2v) is 6.17. The third-order valence-electron chi connectivity index (χ3n) is 4.24. The van der Waals surface area contributed by atoms with E-state index in [1.165, 1.54) is 4.90 Å². The van der Waals surface area contributed by atoms with Gasteiger partial charge in [-0.15, -0.1) is 0 Å². The van der Waals surface area contributed by atoms with Crippen LogP contribution in [-0.4, -0.2) is 52.9 Å². The zero-order chi connectivity index (χ0) is 14.2. The van der Waals surface area contributed by atoms with E-state index >= 15 is 0 Å². The molecule has 1 spiro atoms. The fourth-order valence-electron chi connectivity index (χ4n) is 3.17. The standard InChI is InChI=1S/C13H20ClFN2O2/c1-9(2)17-6-3-4-13(12(17)19)5-7-16(8-13)11(18)10(14)15/h9-10H,3-8H2,1-2H3/t10-,13?/m0/s1. The molecule has 0 aromatic carbocycles. The number of halogens is 2. The van der Waals surface area contributed by atoms with E-state index in [-0.39, 0.29) is 11.9 Å². The van der Waals surface area contributed by atoms with Crippen molar-refractivity contribution in [3.05, 3.63) is 0 Å². The number of likely N-dealkylation sites (tertiary alicyclic amines) is 2. The molecule has 0 aliphatic carbocycles. The maximum absolute atomic E-state index is 12.9. The molecule has 2 rings (SSSR count). The van der Waals surface area contributed by atoms with Crippen molar-refractivity contribution in [1.82, 2.24) is 9.80 Å².